The minimum absolute atomic E-state index is 0.406. The van der Waals surface area contributed by atoms with Crippen LogP contribution in [-0.4, -0.2) is 31.8 Å². The monoisotopic (exact) mass is 647 g/mol. The normalized spacial score (nSPS) is 13.2. The molecule has 0 aromatic rings. The van der Waals surface area contributed by atoms with Gasteiger partial charge in [-0.25, -0.2) is 4.58 Å². The Morgan fingerprint density at radius 3 is 0.837 bits per heavy atom. The van der Waals surface area contributed by atoms with Gasteiger partial charge >= 0.3 is 9.05 Å². The van der Waals surface area contributed by atoms with Crippen LogP contribution in [0.3, 0.4) is 0 Å². The Labute approximate surface area is 271 Å². The fraction of sp³-hybridized carbons (Fsp3) is 1.00. The zero-order chi connectivity index (χ0) is 31.9. The summed E-state index contributed by atoms with van der Waals surface area (Å²) in [4.78, 5) is 27.9. The van der Waals surface area contributed by atoms with Crippen molar-refractivity contribution < 1.29 is 23.5 Å². The molecule has 0 bridgehead atoms. The molecular formula is C36H78O5Si2. The first kappa shape index (κ1) is 43.2. The van der Waals surface area contributed by atoms with Crippen LogP contribution in [0.5, 0.6) is 0 Å². The lowest BCUT2D eigenvalue weighted by Crippen LogP contribution is -2.46. The molecule has 0 spiro atoms. The van der Waals surface area contributed by atoms with Gasteiger partial charge in [-0.2, -0.15) is 0 Å². The van der Waals surface area contributed by atoms with Crippen LogP contribution in [0.25, 0.3) is 0 Å². The third-order valence-electron chi connectivity index (χ3n) is 9.41. The van der Waals surface area contributed by atoms with Gasteiger partial charge in [0.15, 0.2) is 0 Å². The quantitative estimate of drug-likeness (QED) is 0.0276. The maximum Gasteiger partial charge on any atom is 0.698 e. The van der Waals surface area contributed by atoms with Gasteiger partial charge < -0.3 is 14.4 Å². The highest BCUT2D eigenvalue weighted by Crippen LogP contribution is 2.35. The average Bonchev–Trinajstić information content (AvgIpc) is 2.96. The van der Waals surface area contributed by atoms with E-state index in [1.54, 1.807) is 0 Å². The number of hydrogen-bond donors (Lipinski definition) is 3. The van der Waals surface area contributed by atoms with Crippen LogP contribution in [0.1, 0.15) is 213 Å². The lowest BCUT2D eigenvalue weighted by molar-refractivity contribution is -0.189. The molecule has 7 heteroatoms. The Morgan fingerprint density at radius 2 is 0.605 bits per heavy atom. The maximum absolute atomic E-state index is 9.31. The first-order valence-corrected chi connectivity index (χ1v) is 24.0. The van der Waals surface area contributed by atoms with E-state index in [2.05, 4.69) is 26.9 Å². The molecule has 43 heavy (non-hydrogen) atoms. The molecule has 3 N–H and O–H groups in total. The summed E-state index contributed by atoms with van der Waals surface area (Å²) in [6.07, 6.45) is 41.9. The van der Waals surface area contributed by atoms with Crippen LogP contribution in [0, 0.1) is 0 Å². The SMILES string of the molecule is CCCCCCCCCCCCCCCCCCC(CCCCCCCCCCCCCCC)[Si](C)(C)OO[Si](O)(O)O. The highest BCUT2D eigenvalue weighted by atomic mass is 28.4. The Hall–Kier alpha value is 0.234. The highest BCUT2D eigenvalue weighted by Gasteiger charge is 2.40. The van der Waals surface area contributed by atoms with Crippen LogP contribution < -0.4 is 0 Å². The van der Waals surface area contributed by atoms with Gasteiger partial charge in [-0.3, -0.25) is 4.58 Å². The van der Waals surface area contributed by atoms with Gasteiger partial charge in [0.05, 0.1) is 0 Å². The Morgan fingerprint density at radius 1 is 0.372 bits per heavy atom. The molecule has 0 heterocycles. The predicted octanol–water partition coefficient (Wildman–Crippen LogP) is 12.1. The summed E-state index contributed by atoms with van der Waals surface area (Å²) in [5, 5.41) is 0. The fourth-order valence-corrected chi connectivity index (χ4v) is 9.66. The number of hydrogen-bond acceptors (Lipinski definition) is 5. The van der Waals surface area contributed by atoms with Crippen molar-refractivity contribution in [3.63, 3.8) is 0 Å². The van der Waals surface area contributed by atoms with E-state index in [9.17, 15) is 14.4 Å². The van der Waals surface area contributed by atoms with Gasteiger partial charge in [0, 0.05) is 0 Å². The molecule has 0 saturated carbocycles. The molecule has 0 aromatic heterocycles. The van der Waals surface area contributed by atoms with Crippen molar-refractivity contribution in [1.82, 2.24) is 0 Å². The minimum atomic E-state index is -4.65. The van der Waals surface area contributed by atoms with E-state index >= 15 is 0 Å². The van der Waals surface area contributed by atoms with Gasteiger partial charge in [-0.15, -0.1) is 0 Å². The minimum Gasteiger partial charge on any atom is -0.366 e. The summed E-state index contributed by atoms with van der Waals surface area (Å²) in [6, 6.07) is 0. The Balaban J connectivity index is 4.00. The fourth-order valence-electron chi connectivity index (χ4n) is 6.42. The summed E-state index contributed by atoms with van der Waals surface area (Å²) >= 11 is 0. The molecule has 5 nitrogen and oxygen atoms in total. The van der Waals surface area contributed by atoms with Gasteiger partial charge in [0.2, 0.25) is 8.32 Å². The van der Waals surface area contributed by atoms with Crippen molar-refractivity contribution >= 4 is 17.4 Å². The summed E-state index contributed by atoms with van der Waals surface area (Å²) in [7, 11) is -6.97. The Bertz CT molecular complexity index is 556. The molecule has 0 rings (SSSR count). The van der Waals surface area contributed by atoms with Gasteiger partial charge in [0.1, 0.15) is 0 Å². The molecule has 0 radical (unpaired) electrons. The molecule has 0 fully saturated rings. The predicted molar refractivity (Wildman–Crippen MR) is 190 cm³/mol. The van der Waals surface area contributed by atoms with Crippen molar-refractivity contribution in [2.24, 2.45) is 0 Å². The van der Waals surface area contributed by atoms with E-state index in [-0.39, 0.29) is 0 Å². The average molecular weight is 647 g/mol. The highest BCUT2D eigenvalue weighted by molar-refractivity contribution is 6.72. The standard InChI is InChI=1S/C36H78O5Si2/c1-5-7-9-11-13-15-17-19-20-21-23-25-27-29-31-33-35-36(42(3,4)40-41-43(37,38)39)34-32-30-28-26-24-22-18-16-14-12-10-8-6-2/h36-39H,5-35H2,1-4H3. The molecule has 0 amide bonds. The molecule has 0 aliphatic carbocycles. The van der Waals surface area contributed by atoms with E-state index in [0.717, 1.165) is 12.8 Å². The summed E-state index contributed by atoms with van der Waals surface area (Å²) in [5.41, 5.74) is 0.406. The van der Waals surface area contributed by atoms with Gasteiger partial charge in [0.25, 0.3) is 0 Å². The van der Waals surface area contributed by atoms with Crippen molar-refractivity contribution in [2.45, 2.75) is 232 Å². The van der Waals surface area contributed by atoms with Crippen LogP contribution in [0.15, 0.2) is 0 Å². The molecule has 260 valence electrons. The van der Waals surface area contributed by atoms with Crippen molar-refractivity contribution in [3.8, 4) is 0 Å². The van der Waals surface area contributed by atoms with E-state index in [4.69, 9.17) is 9.15 Å². The van der Waals surface area contributed by atoms with Crippen molar-refractivity contribution in [2.75, 3.05) is 0 Å². The zero-order valence-electron chi connectivity index (χ0n) is 29.7. The van der Waals surface area contributed by atoms with Crippen LogP contribution >= 0.6 is 0 Å². The molecular weight excluding hydrogens is 569 g/mol. The van der Waals surface area contributed by atoms with E-state index in [0.29, 0.717) is 5.54 Å². The molecule has 0 aliphatic heterocycles. The Kier molecular flexibility index (Phi) is 31.0. The third kappa shape index (κ3) is 32.0. The third-order valence-corrected chi connectivity index (χ3v) is 12.9. The van der Waals surface area contributed by atoms with E-state index < -0.39 is 17.4 Å². The molecule has 0 aliphatic rings. The van der Waals surface area contributed by atoms with Crippen LogP contribution in [0.2, 0.25) is 18.6 Å². The van der Waals surface area contributed by atoms with E-state index in [1.165, 1.54) is 186 Å². The second-order valence-corrected chi connectivity index (χ2v) is 19.7. The molecule has 1 unspecified atom stereocenters. The molecule has 0 saturated heterocycles. The lowest BCUT2D eigenvalue weighted by Gasteiger charge is -2.31. The summed E-state index contributed by atoms with van der Waals surface area (Å²) in [5.74, 6) is 0. The summed E-state index contributed by atoms with van der Waals surface area (Å²) < 4.78 is 10.2. The number of rotatable bonds is 35. The van der Waals surface area contributed by atoms with Gasteiger partial charge in [-0.1, -0.05) is 213 Å². The first-order valence-electron chi connectivity index (χ1n) is 19.3. The van der Waals surface area contributed by atoms with Crippen LogP contribution in [0.4, 0.5) is 0 Å². The second-order valence-electron chi connectivity index (χ2n) is 14.2. The molecule has 1 atom stereocenters. The smallest absolute Gasteiger partial charge is 0.366 e. The lowest BCUT2D eigenvalue weighted by atomic mass is 10.0. The topological polar surface area (TPSA) is 79.2 Å². The first-order chi connectivity index (χ1) is 20.7. The number of unbranched alkanes of at least 4 members (excludes halogenated alkanes) is 27. The zero-order valence-corrected chi connectivity index (χ0v) is 31.7. The largest absolute Gasteiger partial charge is 0.698 e. The van der Waals surface area contributed by atoms with Crippen molar-refractivity contribution in [3.05, 3.63) is 0 Å². The summed E-state index contributed by atoms with van der Waals surface area (Å²) in [6.45, 7) is 8.75. The maximum atomic E-state index is 9.31. The molecule has 0 aromatic carbocycles. The van der Waals surface area contributed by atoms with Crippen molar-refractivity contribution in [1.29, 1.82) is 0 Å². The van der Waals surface area contributed by atoms with Crippen LogP contribution in [-0.2, 0) is 9.15 Å². The van der Waals surface area contributed by atoms with E-state index in [1.807, 2.05) is 0 Å². The van der Waals surface area contributed by atoms with Gasteiger partial charge in [-0.05, 0) is 18.6 Å². The second kappa shape index (κ2) is 30.9.